The van der Waals surface area contributed by atoms with E-state index in [0.29, 0.717) is 5.03 Å². The first-order valence-electron chi connectivity index (χ1n) is 2.67. The minimum Gasteiger partial charge on any atom is -0.331 e. The van der Waals surface area contributed by atoms with E-state index < -0.39 is 6.43 Å². The molecule has 0 aromatic carbocycles. The lowest BCUT2D eigenvalue weighted by Crippen LogP contribution is -2.03. The number of hydrogen-bond donors (Lipinski definition) is 1. The summed E-state index contributed by atoms with van der Waals surface area (Å²) in [5.41, 5.74) is 0. The maximum Gasteiger partial charge on any atom is 0.256 e. The summed E-state index contributed by atoms with van der Waals surface area (Å²) in [6.45, 7) is -0.312. The minimum atomic E-state index is -2.33. The lowest BCUT2D eigenvalue weighted by atomic mass is 10.6. The van der Waals surface area contributed by atoms with Gasteiger partial charge < -0.3 is 4.57 Å². The molecule has 0 aliphatic rings. The molecule has 0 saturated heterocycles. The number of hydrogen-bond acceptors (Lipinski definition) is 2. The molecule has 0 saturated carbocycles. The first kappa shape index (κ1) is 7.53. The number of rotatable bonds is 2. The third-order valence-corrected chi connectivity index (χ3v) is 1.20. The molecule has 0 aliphatic carbocycles. The standard InChI is InChI=1S/C5H6F2N2S/c6-4(7)1-9-2-5(10)8-3-9/h2-4,10H,1H2. The van der Waals surface area contributed by atoms with E-state index in [9.17, 15) is 8.78 Å². The van der Waals surface area contributed by atoms with Crippen molar-refractivity contribution in [3.05, 3.63) is 12.5 Å². The molecule has 56 valence electrons. The summed E-state index contributed by atoms with van der Waals surface area (Å²) in [6, 6.07) is 0. The van der Waals surface area contributed by atoms with Crippen LogP contribution in [0.5, 0.6) is 0 Å². The van der Waals surface area contributed by atoms with Crippen LogP contribution in [0.15, 0.2) is 17.6 Å². The topological polar surface area (TPSA) is 17.8 Å². The first-order valence-corrected chi connectivity index (χ1v) is 3.12. The average Bonchev–Trinajstić information content (AvgIpc) is 2.13. The van der Waals surface area contributed by atoms with Crippen LogP contribution in [0, 0.1) is 0 Å². The van der Waals surface area contributed by atoms with Gasteiger partial charge in [-0.2, -0.15) is 0 Å². The normalized spacial score (nSPS) is 10.8. The van der Waals surface area contributed by atoms with E-state index in [1.165, 1.54) is 17.1 Å². The zero-order chi connectivity index (χ0) is 7.56. The van der Waals surface area contributed by atoms with Gasteiger partial charge in [0.05, 0.1) is 12.9 Å². The average molecular weight is 164 g/mol. The van der Waals surface area contributed by atoms with E-state index >= 15 is 0 Å². The Kier molecular flexibility index (Phi) is 2.26. The summed E-state index contributed by atoms with van der Waals surface area (Å²) in [5.74, 6) is 0. The summed E-state index contributed by atoms with van der Waals surface area (Å²) in [7, 11) is 0. The van der Waals surface area contributed by atoms with Gasteiger partial charge in [-0.25, -0.2) is 13.8 Å². The maximum atomic E-state index is 11.7. The highest BCUT2D eigenvalue weighted by Gasteiger charge is 2.02. The number of aromatic nitrogens is 2. The van der Waals surface area contributed by atoms with Crippen molar-refractivity contribution in [2.45, 2.75) is 18.0 Å². The highest BCUT2D eigenvalue weighted by Crippen LogP contribution is 2.03. The Morgan fingerprint density at radius 3 is 2.80 bits per heavy atom. The second-order valence-corrected chi connectivity index (χ2v) is 2.28. The Labute approximate surface area is 62.3 Å². The lowest BCUT2D eigenvalue weighted by molar-refractivity contribution is 0.126. The molecule has 1 aromatic rings. The number of thiol groups is 1. The molecule has 0 N–H and O–H groups in total. The predicted molar refractivity (Wildman–Crippen MR) is 35.5 cm³/mol. The Hall–Kier alpha value is -0.580. The monoisotopic (exact) mass is 164 g/mol. The van der Waals surface area contributed by atoms with Gasteiger partial charge in [-0.1, -0.05) is 0 Å². The van der Waals surface area contributed by atoms with E-state index in [0.717, 1.165) is 0 Å². The second kappa shape index (κ2) is 3.01. The molecule has 2 nitrogen and oxygen atoms in total. The van der Waals surface area contributed by atoms with Crippen molar-refractivity contribution in [1.82, 2.24) is 9.55 Å². The third kappa shape index (κ3) is 1.98. The molecule has 1 heterocycles. The summed E-state index contributed by atoms with van der Waals surface area (Å²) in [6.07, 6.45) is 0.450. The van der Waals surface area contributed by atoms with Crippen molar-refractivity contribution in [2.75, 3.05) is 0 Å². The van der Waals surface area contributed by atoms with Gasteiger partial charge in [0, 0.05) is 6.20 Å². The number of halogens is 2. The van der Waals surface area contributed by atoms with Gasteiger partial charge in [-0.3, -0.25) is 0 Å². The quantitative estimate of drug-likeness (QED) is 0.655. The van der Waals surface area contributed by atoms with E-state index in [1.54, 1.807) is 0 Å². The Morgan fingerprint density at radius 1 is 1.70 bits per heavy atom. The SMILES string of the molecule is FC(F)Cn1cnc(S)c1. The Balaban J connectivity index is 2.58. The highest BCUT2D eigenvalue weighted by molar-refractivity contribution is 7.80. The van der Waals surface area contributed by atoms with Gasteiger partial charge in [-0.05, 0) is 0 Å². The molecule has 0 fully saturated rings. The fourth-order valence-corrected chi connectivity index (χ4v) is 0.807. The zero-order valence-corrected chi connectivity index (χ0v) is 5.93. The first-order chi connectivity index (χ1) is 4.68. The molecule has 0 radical (unpaired) electrons. The van der Waals surface area contributed by atoms with Crippen LogP contribution in [0.4, 0.5) is 8.78 Å². The largest absolute Gasteiger partial charge is 0.331 e. The molecule has 5 heteroatoms. The second-order valence-electron chi connectivity index (χ2n) is 1.82. The molecule has 0 unspecified atom stereocenters. The molecule has 10 heavy (non-hydrogen) atoms. The van der Waals surface area contributed by atoms with Crippen LogP contribution in [0.2, 0.25) is 0 Å². The fraction of sp³-hybridized carbons (Fsp3) is 0.400. The van der Waals surface area contributed by atoms with Gasteiger partial charge in [0.25, 0.3) is 6.43 Å². The summed E-state index contributed by atoms with van der Waals surface area (Å²) in [5, 5.41) is 0.459. The Morgan fingerprint density at radius 2 is 2.40 bits per heavy atom. The summed E-state index contributed by atoms with van der Waals surface area (Å²) in [4.78, 5) is 3.66. The van der Waals surface area contributed by atoms with Crippen molar-refractivity contribution in [2.24, 2.45) is 0 Å². The smallest absolute Gasteiger partial charge is 0.256 e. The third-order valence-electron chi connectivity index (χ3n) is 0.968. The van der Waals surface area contributed by atoms with E-state index in [1.807, 2.05) is 0 Å². The zero-order valence-electron chi connectivity index (χ0n) is 5.04. The van der Waals surface area contributed by atoms with Gasteiger partial charge >= 0.3 is 0 Å². The Bertz CT molecular complexity index is 211. The van der Waals surface area contributed by atoms with Crippen molar-refractivity contribution in [3.63, 3.8) is 0 Å². The molecule has 0 spiro atoms. The molecular weight excluding hydrogens is 158 g/mol. The number of nitrogens with zero attached hydrogens (tertiary/aromatic N) is 2. The molecule has 1 aromatic heterocycles. The summed E-state index contributed by atoms with van der Waals surface area (Å²) < 4.78 is 24.6. The van der Waals surface area contributed by atoms with Gasteiger partial charge in [0.15, 0.2) is 0 Å². The van der Waals surface area contributed by atoms with Crippen LogP contribution >= 0.6 is 12.6 Å². The fourth-order valence-electron chi connectivity index (χ4n) is 0.608. The maximum absolute atomic E-state index is 11.7. The van der Waals surface area contributed by atoms with Gasteiger partial charge in [0.2, 0.25) is 0 Å². The van der Waals surface area contributed by atoms with Crippen LogP contribution in [-0.4, -0.2) is 16.0 Å². The van der Waals surface area contributed by atoms with Crippen LogP contribution in [-0.2, 0) is 6.54 Å². The van der Waals surface area contributed by atoms with Crippen LogP contribution in [0.1, 0.15) is 0 Å². The van der Waals surface area contributed by atoms with Gasteiger partial charge in [0.1, 0.15) is 5.03 Å². The van der Waals surface area contributed by atoms with Crippen molar-refractivity contribution >= 4 is 12.6 Å². The summed E-state index contributed by atoms with van der Waals surface area (Å²) >= 11 is 3.85. The molecule has 1 rings (SSSR count). The van der Waals surface area contributed by atoms with E-state index in [2.05, 4.69) is 17.6 Å². The van der Waals surface area contributed by atoms with Crippen LogP contribution < -0.4 is 0 Å². The van der Waals surface area contributed by atoms with E-state index in [4.69, 9.17) is 0 Å². The van der Waals surface area contributed by atoms with Crippen LogP contribution in [0.3, 0.4) is 0 Å². The number of alkyl halides is 2. The highest BCUT2D eigenvalue weighted by atomic mass is 32.1. The van der Waals surface area contributed by atoms with Gasteiger partial charge in [-0.15, -0.1) is 12.6 Å². The molecule has 0 atom stereocenters. The predicted octanol–water partition coefficient (Wildman–Crippen LogP) is 1.44. The van der Waals surface area contributed by atoms with Crippen molar-refractivity contribution in [3.8, 4) is 0 Å². The van der Waals surface area contributed by atoms with E-state index in [-0.39, 0.29) is 6.54 Å². The van der Waals surface area contributed by atoms with Crippen molar-refractivity contribution < 1.29 is 8.78 Å². The number of imidazole rings is 1. The molecule has 0 aliphatic heterocycles. The lowest BCUT2D eigenvalue weighted by Gasteiger charge is -1.97. The van der Waals surface area contributed by atoms with Crippen LogP contribution in [0.25, 0.3) is 0 Å². The molecule has 0 bridgehead atoms. The van der Waals surface area contributed by atoms with Crippen molar-refractivity contribution in [1.29, 1.82) is 0 Å². The molecular formula is C5H6F2N2S. The molecule has 0 amide bonds. The minimum absolute atomic E-state index is 0.312.